The summed E-state index contributed by atoms with van der Waals surface area (Å²) in [5.41, 5.74) is -0.367. The number of hydrogen-bond acceptors (Lipinski definition) is 3. The van der Waals surface area contributed by atoms with Gasteiger partial charge in [-0.25, -0.2) is 8.42 Å². The van der Waals surface area contributed by atoms with Gasteiger partial charge < -0.3 is 5.32 Å². The maximum atomic E-state index is 12.8. The van der Waals surface area contributed by atoms with Crippen molar-refractivity contribution in [2.24, 2.45) is 0 Å². The highest BCUT2D eigenvalue weighted by molar-refractivity contribution is 7.89. The van der Waals surface area contributed by atoms with Crippen LogP contribution in [0, 0.1) is 6.92 Å². The molecule has 0 atom stereocenters. The molecule has 0 saturated carbocycles. The van der Waals surface area contributed by atoms with Gasteiger partial charge in [-0.05, 0) is 37.3 Å². The van der Waals surface area contributed by atoms with E-state index in [-0.39, 0.29) is 15.6 Å². The van der Waals surface area contributed by atoms with Crippen LogP contribution in [-0.2, 0) is 21.0 Å². The fourth-order valence-electron chi connectivity index (χ4n) is 2.16. The molecule has 0 fully saturated rings. The summed E-state index contributed by atoms with van der Waals surface area (Å²) in [4.78, 5) is 12.1. The van der Waals surface area contributed by atoms with Crippen molar-refractivity contribution in [1.29, 1.82) is 0 Å². The number of rotatable bonds is 5. The van der Waals surface area contributed by atoms with Crippen LogP contribution in [0.25, 0.3) is 0 Å². The third-order valence-corrected chi connectivity index (χ3v) is 5.81. The highest BCUT2D eigenvalue weighted by Gasteiger charge is 2.31. The number of carbonyl (C=O) groups excluding carboxylic acids is 1. The Balaban J connectivity index is 2.14. The molecule has 2 aromatic rings. The third-order valence-electron chi connectivity index (χ3n) is 3.66. The molecule has 0 aliphatic carbocycles. The Morgan fingerprint density at radius 2 is 1.74 bits per heavy atom. The zero-order valence-electron chi connectivity index (χ0n) is 14.3. The summed E-state index contributed by atoms with van der Waals surface area (Å²) in [5, 5.41) is 2.11. The fourth-order valence-corrected chi connectivity index (χ4v) is 3.46. The fraction of sp³-hybridized carbons (Fsp3) is 0.235. The lowest BCUT2D eigenvalue weighted by Gasteiger charge is -2.18. The number of anilines is 1. The number of carbonyl (C=O) groups is 1. The van der Waals surface area contributed by atoms with E-state index in [1.165, 1.54) is 19.2 Å². The van der Waals surface area contributed by atoms with Crippen LogP contribution in [0.4, 0.5) is 18.9 Å². The molecule has 2 rings (SSSR count). The monoisotopic (exact) mass is 420 g/mol. The largest absolute Gasteiger partial charge is 0.416 e. The van der Waals surface area contributed by atoms with Gasteiger partial charge in [-0.2, -0.15) is 17.5 Å². The summed E-state index contributed by atoms with van der Waals surface area (Å²) >= 11 is 5.81. The molecule has 1 N–H and O–H groups in total. The summed E-state index contributed by atoms with van der Waals surface area (Å²) < 4.78 is 64.0. The Hall–Kier alpha value is -2.10. The second-order valence-corrected chi connectivity index (χ2v) is 8.27. The van der Waals surface area contributed by atoms with Crippen molar-refractivity contribution in [2.75, 3.05) is 18.9 Å². The number of likely N-dealkylation sites (N-methyl/N-ethyl adjacent to an activating group) is 1. The molecule has 0 spiro atoms. The van der Waals surface area contributed by atoms with E-state index in [4.69, 9.17) is 11.6 Å². The van der Waals surface area contributed by atoms with Gasteiger partial charge in [0.05, 0.1) is 27.7 Å². The van der Waals surface area contributed by atoms with E-state index in [1.807, 2.05) is 0 Å². The molecule has 0 aliphatic heterocycles. The molecule has 0 unspecified atom stereocenters. The molecule has 0 aromatic heterocycles. The first-order valence-corrected chi connectivity index (χ1v) is 9.42. The van der Waals surface area contributed by atoms with E-state index >= 15 is 0 Å². The molecular weight excluding hydrogens is 405 g/mol. The first-order chi connectivity index (χ1) is 12.4. The predicted molar refractivity (Wildman–Crippen MR) is 96.1 cm³/mol. The first kappa shape index (κ1) is 21.2. The standard InChI is InChI=1S/C17H16ClF3N2O3S/c1-11-3-6-13(7-4-11)27(25,26)23(2)10-16(24)22-15-9-12(17(19,20)21)5-8-14(15)18/h3-9H,10H2,1-2H3,(H,22,24). The van der Waals surface area contributed by atoms with Crippen molar-refractivity contribution >= 4 is 33.2 Å². The second kappa shape index (κ2) is 7.87. The summed E-state index contributed by atoms with van der Waals surface area (Å²) in [7, 11) is -2.73. The maximum absolute atomic E-state index is 12.8. The quantitative estimate of drug-likeness (QED) is 0.797. The third kappa shape index (κ3) is 5.21. The highest BCUT2D eigenvalue weighted by Crippen LogP contribution is 2.33. The molecule has 0 radical (unpaired) electrons. The van der Waals surface area contributed by atoms with Crippen LogP contribution in [0.5, 0.6) is 0 Å². The number of benzene rings is 2. The van der Waals surface area contributed by atoms with Crippen LogP contribution < -0.4 is 5.32 Å². The van der Waals surface area contributed by atoms with Crippen molar-refractivity contribution in [2.45, 2.75) is 18.0 Å². The van der Waals surface area contributed by atoms with Gasteiger partial charge in [0.25, 0.3) is 0 Å². The molecule has 27 heavy (non-hydrogen) atoms. The molecule has 0 bridgehead atoms. The van der Waals surface area contributed by atoms with Crippen LogP contribution in [0.3, 0.4) is 0 Å². The smallest absolute Gasteiger partial charge is 0.324 e. The number of sulfonamides is 1. The Morgan fingerprint density at radius 3 is 2.30 bits per heavy atom. The van der Waals surface area contributed by atoms with Gasteiger partial charge in [0.1, 0.15) is 0 Å². The minimum absolute atomic E-state index is 0.000464. The van der Waals surface area contributed by atoms with Gasteiger partial charge >= 0.3 is 6.18 Å². The van der Waals surface area contributed by atoms with Crippen LogP contribution in [0.1, 0.15) is 11.1 Å². The maximum Gasteiger partial charge on any atom is 0.416 e. The number of amides is 1. The van der Waals surface area contributed by atoms with Crippen LogP contribution in [0.15, 0.2) is 47.4 Å². The summed E-state index contributed by atoms with van der Waals surface area (Å²) in [6.07, 6.45) is -4.60. The number of hydrogen-bond donors (Lipinski definition) is 1. The average molecular weight is 421 g/mol. The van der Waals surface area contributed by atoms with Crippen molar-refractivity contribution in [3.05, 3.63) is 58.6 Å². The van der Waals surface area contributed by atoms with Gasteiger partial charge in [0.15, 0.2) is 0 Å². The minimum atomic E-state index is -4.60. The lowest BCUT2D eigenvalue weighted by Crippen LogP contribution is -2.35. The zero-order chi connectivity index (χ0) is 20.4. The number of alkyl halides is 3. The van der Waals surface area contributed by atoms with Gasteiger partial charge in [-0.3, -0.25) is 4.79 Å². The number of aryl methyl sites for hydroxylation is 1. The van der Waals surface area contributed by atoms with Crippen molar-refractivity contribution in [3.8, 4) is 0 Å². The van der Waals surface area contributed by atoms with E-state index in [0.717, 1.165) is 22.0 Å². The van der Waals surface area contributed by atoms with Gasteiger partial charge in [0, 0.05) is 7.05 Å². The molecule has 0 aliphatic rings. The summed E-state index contributed by atoms with van der Waals surface area (Å²) in [5.74, 6) is -0.825. The topological polar surface area (TPSA) is 66.5 Å². The van der Waals surface area contributed by atoms with E-state index in [0.29, 0.717) is 6.07 Å². The number of nitrogens with one attached hydrogen (secondary N) is 1. The number of nitrogens with zero attached hydrogens (tertiary/aromatic N) is 1. The summed E-state index contributed by atoms with van der Waals surface area (Å²) in [6.45, 7) is 1.20. The van der Waals surface area contributed by atoms with E-state index in [9.17, 15) is 26.4 Å². The Bertz CT molecular complexity index is 945. The van der Waals surface area contributed by atoms with Crippen molar-refractivity contribution < 1.29 is 26.4 Å². The minimum Gasteiger partial charge on any atom is -0.324 e. The van der Waals surface area contributed by atoms with E-state index in [1.54, 1.807) is 19.1 Å². The first-order valence-electron chi connectivity index (χ1n) is 7.61. The Labute approximate surface area is 159 Å². The second-order valence-electron chi connectivity index (χ2n) is 5.81. The van der Waals surface area contributed by atoms with Gasteiger partial charge in [0.2, 0.25) is 15.9 Å². The molecular formula is C17H16ClF3N2O3S. The Morgan fingerprint density at radius 1 is 1.15 bits per heavy atom. The lowest BCUT2D eigenvalue weighted by atomic mass is 10.2. The average Bonchev–Trinajstić information content (AvgIpc) is 2.56. The SMILES string of the molecule is Cc1ccc(S(=O)(=O)N(C)CC(=O)Nc2cc(C(F)(F)F)ccc2Cl)cc1. The zero-order valence-corrected chi connectivity index (χ0v) is 15.9. The molecule has 0 saturated heterocycles. The normalized spacial score (nSPS) is 12.3. The molecule has 5 nitrogen and oxygen atoms in total. The Kier molecular flexibility index (Phi) is 6.18. The summed E-state index contributed by atoms with van der Waals surface area (Å²) in [6, 6.07) is 8.52. The highest BCUT2D eigenvalue weighted by atomic mass is 35.5. The molecule has 0 heterocycles. The lowest BCUT2D eigenvalue weighted by molar-refractivity contribution is -0.137. The molecule has 146 valence electrons. The van der Waals surface area contributed by atoms with E-state index < -0.39 is 34.2 Å². The molecule has 2 aromatic carbocycles. The van der Waals surface area contributed by atoms with Crippen molar-refractivity contribution in [3.63, 3.8) is 0 Å². The van der Waals surface area contributed by atoms with Crippen LogP contribution >= 0.6 is 11.6 Å². The molecule has 10 heteroatoms. The van der Waals surface area contributed by atoms with Crippen molar-refractivity contribution in [1.82, 2.24) is 4.31 Å². The number of halogens is 4. The van der Waals surface area contributed by atoms with Crippen LogP contribution in [0.2, 0.25) is 5.02 Å². The van der Waals surface area contributed by atoms with Gasteiger partial charge in [-0.15, -0.1) is 0 Å². The van der Waals surface area contributed by atoms with Crippen LogP contribution in [-0.4, -0.2) is 32.2 Å². The predicted octanol–water partition coefficient (Wildman–Crippen LogP) is 3.93. The van der Waals surface area contributed by atoms with E-state index in [2.05, 4.69) is 5.32 Å². The molecule has 1 amide bonds. The van der Waals surface area contributed by atoms with Gasteiger partial charge in [-0.1, -0.05) is 29.3 Å².